The van der Waals surface area contributed by atoms with Gasteiger partial charge in [-0.1, -0.05) is 63.2 Å². The van der Waals surface area contributed by atoms with E-state index in [1.54, 1.807) is 31.2 Å². The van der Waals surface area contributed by atoms with Crippen molar-refractivity contribution >= 4 is 34.4 Å². The second-order valence-electron chi connectivity index (χ2n) is 10.6. The maximum absolute atomic E-state index is 13.8. The van der Waals surface area contributed by atoms with Crippen molar-refractivity contribution < 1.29 is 33.9 Å². The lowest BCUT2D eigenvalue weighted by Crippen LogP contribution is -2.57. The van der Waals surface area contributed by atoms with Crippen LogP contribution in [0.4, 0.5) is 0 Å². The molecule has 0 aromatic heterocycles. The molecule has 2 aromatic rings. The molecule has 0 spiro atoms. The molecule has 0 bridgehead atoms. The van der Waals surface area contributed by atoms with Crippen LogP contribution in [0.1, 0.15) is 26.3 Å². The van der Waals surface area contributed by atoms with Crippen molar-refractivity contribution in [3.63, 3.8) is 0 Å². The van der Waals surface area contributed by atoms with Gasteiger partial charge in [-0.05, 0) is 28.2 Å². The molecule has 3 atom stereocenters. The van der Waals surface area contributed by atoms with E-state index in [1.165, 1.54) is 7.05 Å². The molecule has 11 nitrogen and oxygen atoms in total. The van der Waals surface area contributed by atoms with Crippen molar-refractivity contribution in [2.24, 2.45) is 11.3 Å². The van der Waals surface area contributed by atoms with E-state index >= 15 is 0 Å². The van der Waals surface area contributed by atoms with Crippen LogP contribution in [0.2, 0.25) is 0 Å². The molecule has 2 aromatic carbocycles. The van der Waals surface area contributed by atoms with Crippen molar-refractivity contribution in [1.29, 1.82) is 0 Å². The molecule has 1 aliphatic rings. The number of nitrogens with zero attached hydrogens (tertiary/aromatic N) is 1. The van der Waals surface area contributed by atoms with Gasteiger partial charge < -0.3 is 25.0 Å². The van der Waals surface area contributed by atoms with Crippen LogP contribution in [0.5, 0.6) is 0 Å². The van der Waals surface area contributed by atoms with Crippen molar-refractivity contribution in [1.82, 2.24) is 21.0 Å². The number of ether oxygens (including phenoxy) is 2. The van der Waals surface area contributed by atoms with Gasteiger partial charge in [0.2, 0.25) is 17.7 Å². The standard InChI is InChI=1S/C28H38N4O7/c1-28(2,3)24(27(36)29-4)30-25(34)21(16-18-9-10-19-7-5-6-8-20(19)15-18)23(26(35)31-37)39-17-22(33)32-11-13-38-14-12-32/h5-10,15,21,23-24,37H,11-14,16-17H2,1-4H3,(H,29,36)(H,30,34)(H,31,35)/t21-,23+,24-/m1/s1. The lowest BCUT2D eigenvalue weighted by Gasteiger charge is -2.33. The van der Waals surface area contributed by atoms with Gasteiger partial charge in [-0.3, -0.25) is 24.4 Å². The summed E-state index contributed by atoms with van der Waals surface area (Å²) in [5, 5.41) is 16.8. The molecule has 3 rings (SSSR count). The average Bonchev–Trinajstić information content (AvgIpc) is 2.94. The Bertz CT molecular complexity index is 1170. The Morgan fingerprint density at radius 3 is 2.28 bits per heavy atom. The molecule has 39 heavy (non-hydrogen) atoms. The summed E-state index contributed by atoms with van der Waals surface area (Å²) in [5.74, 6) is -3.54. The van der Waals surface area contributed by atoms with Crippen LogP contribution < -0.4 is 16.1 Å². The van der Waals surface area contributed by atoms with Crippen LogP contribution in [-0.2, 0) is 35.1 Å². The number of hydrogen-bond donors (Lipinski definition) is 4. The number of likely N-dealkylation sites (N-methyl/N-ethyl adjacent to an activating group) is 1. The zero-order valence-electron chi connectivity index (χ0n) is 22.9. The molecule has 0 radical (unpaired) electrons. The first-order valence-corrected chi connectivity index (χ1v) is 13.0. The smallest absolute Gasteiger partial charge is 0.273 e. The van der Waals surface area contributed by atoms with E-state index in [1.807, 2.05) is 42.5 Å². The van der Waals surface area contributed by atoms with Gasteiger partial charge in [-0.15, -0.1) is 0 Å². The van der Waals surface area contributed by atoms with Crippen molar-refractivity contribution in [2.75, 3.05) is 40.0 Å². The van der Waals surface area contributed by atoms with Crippen LogP contribution in [-0.4, -0.2) is 85.8 Å². The molecule has 0 aliphatic carbocycles. The highest BCUT2D eigenvalue weighted by molar-refractivity contribution is 5.93. The van der Waals surface area contributed by atoms with E-state index in [9.17, 15) is 24.4 Å². The predicted octanol–water partition coefficient (Wildman–Crippen LogP) is 1.02. The van der Waals surface area contributed by atoms with Crippen LogP contribution in [0, 0.1) is 11.3 Å². The number of carbonyl (C=O) groups is 4. The zero-order chi connectivity index (χ0) is 28.6. The quantitative estimate of drug-likeness (QED) is 0.259. The Kier molecular flexibility index (Phi) is 10.4. The first-order valence-electron chi connectivity index (χ1n) is 13.0. The number of amides is 4. The lowest BCUT2D eigenvalue weighted by atomic mass is 9.84. The highest BCUT2D eigenvalue weighted by Crippen LogP contribution is 2.24. The topological polar surface area (TPSA) is 146 Å². The van der Waals surface area contributed by atoms with E-state index in [0.717, 1.165) is 16.3 Å². The van der Waals surface area contributed by atoms with Gasteiger partial charge in [0.1, 0.15) is 12.6 Å². The van der Waals surface area contributed by atoms with Crippen molar-refractivity contribution in [3.05, 3.63) is 48.0 Å². The highest BCUT2D eigenvalue weighted by Gasteiger charge is 2.40. The fourth-order valence-electron chi connectivity index (χ4n) is 4.53. The minimum absolute atomic E-state index is 0.0467. The summed E-state index contributed by atoms with van der Waals surface area (Å²) in [6.45, 7) is 6.51. The molecule has 11 heteroatoms. The summed E-state index contributed by atoms with van der Waals surface area (Å²) < 4.78 is 11.0. The minimum Gasteiger partial charge on any atom is -0.378 e. The van der Waals surface area contributed by atoms with Gasteiger partial charge in [0, 0.05) is 20.1 Å². The molecule has 4 amide bonds. The summed E-state index contributed by atoms with van der Waals surface area (Å²) in [6, 6.07) is 12.5. The molecular formula is C28H38N4O7. The molecule has 212 valence electrons. The number of hydroxylamine groups is 1. The maximum Gasteiger partial charge on any atom is 0.273 e. The molecular weight excluding hydrogens is 504 g/mol. The minimum atomic E-state index is -1.52. The van der Waals surface area contributed by atoms with E-state index < -0.39 is 47.8 Å². The van der Waals surface area contributed by atoms with E-state index in [0.29, 0.717) is 26.3 Å². The first-order chi connectivity index (χ1) is 18.5. The van der Waals surface area contributed by atoms with E-state index in [4.69, 9.17) is 9.47 Å². The molecule has 1 heterocycles. The Labute approximate surface area is 228 Å². The largest absolute Gasteiger partial charge is 0.378 e. The number of rotatable bonds is 10. The third-order valence-corrected chi connectivity index (χ3v) is 6.75. The normalized spacial score (nSPS) is 16.2. The molecule has 1 saturated heterocycles. The summed E-state index contributed by atoms with van der Waals surface area (Å²) in [4.78, 5) is 53.5. The fourth-order valence-corrected chi connectivity index (χ4v) is 4.53. The maximum atomic E-state index is 13.8. The fraction of sp³-hybridized carbons (Fsp3) is 0.500. The number of nitrogens with one attached hydrogen (secondary N) is 3. The summed E-state index contributed by atoms with van der Waals surface area (Å²) in [6.07, 6.45) is -1.47. The average molecular weight is 543 g/mol. The Hall–Kier alpha value is -3.54. The molecule has 0 unspecified atom stereocenters. The summed E-state index contributed by atoms with van der Waals surface area (Å²) >= 11 is 0. The predicted molar refractivity (Wildman–Crippen MR) is 144 cm³/mol. The Morgan fingerprint density at radius 2 is 1.67 bits per heavy atom. The van der Waals surface area contributed by atoms with Crippen LogP contribution in [0.25, 0.3) is 10.8 Å². The van der Waals surface area contributed by atoms with Crippen LogP contribution >= 0.6 is 0 Å². The van der Waals surface area contributed by atoms with E-state index in [2.05, 4.69) is 10.6 Å². The van der Waals surface area contributed by atoms with Crippen LogP contribution in [0.15, 0.2) is 42.5 Å². The number of benzene rings is 2. The zero-order valence-corrected chi connectivity index (χ0v) is 22.9. The number of hydrogen-bond acceptors (Lipinski definition) is 7. The van der Waals surface area contributed by atoms with Gasteiger partial charge in [-0.2, -0.15) is 0 Å². The lowest BCUT2D eigenvalue weighted by molar-refractivity contribution is -0.157. The molecule has 1 fully saturated rings. The first kappa shape index (κ1) is 30.0. The summed E-state index contributed by atoms with van der Waals surface area (Å²) in [7, 11) is 1.47. The second-order valence-corrected chi connectivity index (χ2v) is 10.6. The van der Waals surface area contributed by atoms with Gasteiger partial charge >= 0.3 is 0 Å². The number of fused-ring (bicyclic) bond motifs is 1. The third-order valence-electron chi connectivity index (χ3n) is 6.75. The van der Waals surface area contributed by atoms with Crippen molar-refractivity contribution in [2.45, 2.75) is 39.3 Å². The third kappa shape index (κ3) is 7.98. The van der Waals surface area contributed by atoms with Gasteiger partial charge in [0.25, 0.3) is 5.91 Å². The monoisotopic (exact) mass is 542 g/mol. The van der Waals surface area contributed by atoms with E-state index in [-0.39, 0.29) is 12.3 Å². The van der Waals surface area contributed by atoms with Crippen molar-refractivity contribution in [3.8, 4) is 0 Å². The number of carbonyl (C=O) groups excluding carboxylic acids is 4. The van der Waals surface area contributed by atoms with Gasteiger partial charge in [0.05, 0.1) is 19.1 Å². The molecule has 4 N–H and O–H groups in total. The Balaban J connectivity index is 1.92. The SMILES string of the molecule is CNC(=O)[C@@H](NC(=O)[C@H](Cc1ccc2ccccc2c1)[C@H](OCC(=O)N1CCOCC1)C(=O)NO)C(C)(C)C. The highest BCUT2D eigenvalue weighted by atomic mass is 16.5. The summed E-state index contributed by atoms with van der Waals surface area (Å²) in [5.41, 5.74) is 1.66. The number of morpholine rings is 1. The second kappa shape index (κ2) is 13.5. The molecule has 0 saturated carbocycles. The van der Waals surface area contributed by atoms with Gasteiger partial charge in [0.15, 0.2) is 6.10 Å². The molecule has 1 aliphatic heterocycles. The van der Waals surface area contributed by atoms with Crippen LogP contribution in [0.3, 0.4) is 0 Å². The van der Waals surface area contributed by atoms with Gasteiger partial charge in [-0.25, -0.2) is 5.48 Å². The Morgan fingerprint density at radius 1 is 1.00 bits per heavy atom.